The van der Waals surface area contributed by atoms with Gasteiger partial charge < -0.3 is 19.6 Å². The Morgan fingerprint density at radius 2 is 2.00 bits per heavy atom. The van der Waals surface area contributed by atoms with E-state index in [2.05, 4.69) is 4.90 Å². The topological polar surface area (TPSA) is 53.0 Å². The van der Waals surface area contributed by atoms with Crippen LogP contribution in [-0.2, 0) is 4.74 Å². The summed E-state index contributed by atoms with van der Waals surface area (Å²) in [7, 11) is 2.02. The van der Waals surface area contributed by atoms with Gasteiger partial charge in [0.1, 0.15) is 6.61 Å². The minimum atomic E-state index is -0.317. The first-order valence-corrected chi connectivity index (χ1v) is 4.45. The number of aliphatic hydroxyl groups is 1. The van der Waals surface area contributed by atoms with E-state index in [1.54, 1.807) is 4.90 Å². The molecule has 1 heterocycles. The lowest BCUT2D eigenvalue weighted by Gasteiger charge is -2.31. The van der Waals surface area contributed by atoms with Gasteiger partial charge in [0.25, 0.3) is 0 Å². The molecule has 0 spiro atoms. The Balaban J connectivity index is 2.23. The second-order valence-electron chi connectivity index (χ2n) is 3.13. The summed E-state index contributed by atoms with van der Waals surface area (Å²) in [4.78, 5) is 15.1. The highest BCUT2D eigenvalue weighted by Gasteiger charge is 2.19. The van der Waals surface area contributed by atoms with Crippen molar-refractivity contribution in [2.45, 2.75) is 0 Å². The summed E-state index contributed by atoms with van der Waals surface area (Å²) < 4.78 is 4.78. The molecule has 0 atom stereocenters. The number of hydrogen-bond acceptors (Lipinski definition) is 4. The van der Waals surface area contributed by atoms with E-state index in [1.165, 1.54) is 0 Å². The fourth-order valence-corrected chi connectivity index (χ4v) is 1.21. The van der Waals surface area contributed by atoms with Gasteiger partial charge in [0.05, 0.1) is 6.61 Å². The maximum atomic E-state index is 11.2. The Bertz CT molecular complexity index is 167. The van der Waals surface area contributed by atoms with E-state index >= 15 is 0 Å². The highest BCUT2D eigenvalue weighted by molar-refractivity contribution is 5.67. The van der Waals surface area contributed by atoms with E-state index in [-0.39, 0.29) is 19.3 Å². The lowest BCUT2D eigenvalue weighted by Crippen LogP contribution is -2.47. The van der Waals surface area contributed by atoms with Gasteiger partial charge in [0.15, 0.2) is 0 Å². The van der Waals surface area contributed by atoms with Crippen LogP contribution in [0.15, 0.2) is 0 Å². The minimum Gasteiger partial charge on any atom is -0.447 e. The van der Waals surface area contributed by atoms with Gasteiger partial charge in [0.2, 0.25) is 0 Å². The highest BCUT2D eigenvalue weighted by Crippen LogP contribution is 2.01. The minimum absolute atomic E-state index is 0.0885. The zero-order valence-electron chi connectivity index (χ0n) is 7.90. The lowest BCUT2D eigenvalue weighted by molar-refractivity contribution is 0.0686. The molecule has 0 bridgehead atoms. The molecular formula is C8H16N2O3. The predicted octanol–water partition coefficient (Wildman–Crippen LogP) is -0.637. The summed E-state index contributed by atoms with van der Waals surface area (Å²) in [5.74, 6) is 0. The quantitative estimate of drug-likeness (QED) is 0.626. The third kappa shape index (κ3) is 3.20. The normalized spacial score (nSPS) is 18.8. The van der Waals surface area contributed by atoms with Crippen LogP contribution in [0.3, 0.4) is 0 Å². The smallest absolute Gasteiger partial charge is 0.409 e. The SMILES string of the molecule is CN1CCN(C(=O)OCCO)CC1. The molecule has 5 heteroatoms. The first-order chi connectivity index (χ1) is 6.24. The molecule has 1 rings (SSSR count). The van der Waals surface area contributed by atoms with E-state index in [0.717, 1.165) is 13.1 Å². The van der Waals surface area contributed by atoms with Crippen LogP contribution < -0.4 is 0 Å². The molecule has 1 aliphatic rings. The van der Waals surface area contributed by atoms with Crippen LogP contribution >= 0.6 is 0 Å². The number of ether oxygens (including phenoxy) is 1. The summed E-state index contributed by atoms with van der Waals surface area (Å²) in [6.07, 6.45) is -0.317. The zero-order chi connectivity index (χ0) is 9.68. The Morgan fingerprint density at radius 3 is 2.54 bits per heavy atom. The van der Waals surface area contributed by atoms with Crippen LogP contribution in [0.1, 0.15) is 0 Å². The van der Waals surface area contributed by atoms with Crippen molar-refractivity contribution in [1.82, 2.24) is 9.80 Å². The summed E-state index contributed by atoms with van der Waals surface area (Å²) in [5, 5.41) is 8.45. The molecule has 0 radical (unpaired) electrons. The van der Waals surface area contributed by atoms with Crippen molar-refractivity contribution in [2.24, 2.45) is 0 Å². The molecule has 0 aromatic carbocycles. The molecule has 1 fully saturated rings. The molecule has 1 saturated heterocycles. The molecule has 1 N–H and O–H groups in total. The predicted molar refractivity (Wildman–Crippen MR) is 47.5 cm³/mol. The van der Waals surface area contributed by atoms with Crippen LogP contribution in [0.2, 0.25) is 0 Å². The van der Waals surface area contributed by atoms with Gasteiger partial charge in [0, 0.05) is 26.2 Å². The van der Waals surface area contributed by atoms with Crippen molar-refractivity contribution in [3.63, 3.8) is 0 Å². The molecule has 1 amide bonds. The number of likely N-dealkylation sites (N-methyl/N-ethyl adjacent to an activating group) is 1. The molecule has 1 aliphatic heterocycles. The van der Waals surface area contributed by atoms with Gasteiger partial charge in [-0.05, 0) is 7.05 Å². The molecule has 0 saturated carbocycles. The monoisotopic (exact) mass is 188 g/mol. The number of amides is 1. The molecule has 5 nitrogen and oxygen atoms in total. The van der Waals surface area contributed by atoms with Gasteiger partial charge >= 0.3 is 6.09 Å². The van der Waals surface area contributed by atoms with Gasteiger partial charge in [-0.2, -0.15) is 0 Å². The number of rotatable bonds is 2. The average molecular weight is 188 g/mol. The first-order valence-electron chi connectivity index (χ1n) is 4.45. The number of carbonyl (C=O) groups is 1. The second-order valence-corrected chi connectivity index (χ2v) is 3.13. The number of carbonyl (C=O) groups excluding carboxylic acids is 1. The molecular weight excluding hydrogens is 172 g/mol. The van der Waals surface area contributed by atoms with Crippen molar-refractivity contribution in [2.75, 3.05) is 46.4 Å². The molecule has 0 unspecified atom stereocenters. The van der Waals surface area contributed by atoms with E-state index in [0.29, 0.717) is 13.1 Å². The Labute approximate surface area is 77.9 Å². The van der Waals surface area contributed by atoms with Crippen molar-refractivity contribution in [1.29, 1.82) is 0 Å². The number of aliphatic hydroxyl groups excluding tert-OH is 1. The Kier molecular flexibility index (Phi) is 3.98. The largest absolute Gasteiger partial charge is 0.447 e. The summed E-state index contributed by atoms with van der Waals surface area (Å²) >= 11 is 0. The first kappa shape index (κ1) is 10.3. The zero-order valence-corrected chi connectivity index (χ0v) is 7.90. The molecule has 0 aromatic rings. The third-order valence-corrected chi connectivity index (χ3v) is 2.08. The van der Waals surface area contributed by atoms with Crippen LogP contribution in [0.25, 0.3) is 0 Å². The van der Waals surface area contributed by atoms with Crippen molar-refractivity contribution < 1.29 is 14.6 Å². The van der Waals surface area contributed by atoms with Crippen molar-refractivity contribution in [3.05, 3.63) is 0 Å². The van der Waals surface area contributed by atoms with Crippen molar-refractivity contribution >= 4 is 6.09 Å². The van der Waals surface area contributed by atoms with Crippen LogP contribution in [0, 0.1) is 0 Å². The standard InChI is InChI=1S/C8H16N2O3/c1-9-2-4-10(5-3-9)8(12)13-7-6-11/h11H,2-7H2,1H3. The Morgan fingerprint density at radius 1 is 1.38 bits per heavy atom. The summed E-state index contributed by atoms with van der Waals surface area (Å²) in [6, 6.07) is 0. The third-order valence-electron chi connectivity index (χ3n) is 2.08. The van der Waals surface area contributed by atoms with E-state index in [4.69, 9.17) is 9.84 Å². The number of piperazine rings is 1. The summed E-state index contributed by atoms with van der Waals surface area (Å²) in [6.45, 7) is 3.16. The van der Waals surface area contributed by atoms with Crippen molar-refractivity contribution in [3.8, 4) is 0 Å². The van der Waals surface area contributed by atoms with Gasteiger partial charge in [-0.25, -0.2) is 4.79 Å². The number of hydrogen-bond donors (Lipinski definition) is 1. The average Bonchev–Trinajstić information content (AvgIpc) is 2.15. The second kappa shape index (κ2) is 5.04. The fraction of sp³-hybridized carbons (Fsp3) is 0.875. The molecule has 0 aromatic heterocycles. The van der Waals surface area contributed by atoms with E-state index in [1.807, 2.05) is 7.05 Å². The lowest BCUT2D eigenvalue weighted by atomic mass is 10.3. The van der Waals surface area contributed by atoms with Crippen LogP contribution in [0.4, 0.5) is 4.79 Å². The molecule has 13 heavy (non-hydrogen) atoms. The number of nitrogens with zero attached hydrogens (tertiary/aromatic N) is 2. The highest BCUT2D eigenvalue weighted by atomic mass is 16.6. The van der Waals surface area contributed by atoms with E-state index < -0.39 is 0 Å². The summed E-state index contributed by atoms with van der Waals surface area (Å²) in [5.41, 5.74) is 0. The molecule has 76 valence electrons. The van der Waals surface area contributed by atoms with Crippen LogP contribution in [0.5, 0.6) is 0 Å². The Hall–Kier alpha value is -0.810. The van der Waals surface area contributed by atoms with Gasteiger partial charge in [-0.3, -0.25) is 0 Å². The fourth-order valence-electron chi connectivity index (χ4n) is 1.21. The molecule has 0 aliphatic carbocycles. The van der Waals surface area contributed by atoms with Gasteiger partial charge in [-0.1, -0.05) is 0 Å². The van der Waals surface area contributed by atoms with E-state index in [9.17, 15) is 4.79 Å². The maximum absolute atomic E-state index is 11.2. The van der Waals surface area contributed by atoms with Gasteiger partial charge in [-0.15, -0.1) is 0 Å². The van der Waals surface area contributed by atoms with Crippen LogP contribution in [-0.4, -0.2) is 67.4 Å². The maximum Gasteiger partial charge on any atom is 0.409 e.